The highest BCUT2D eigenvalue weighted by Crippen LogP contribution is 2.43. The molecule has 0 radical (unpaired) electrons. The maximum atomic E-state index is 13.9. The van der Waals surface area contributed by atoms with Crippen molar-refractivity contribution in [3.8, 4) is 11.5 Å². The Morgan fingerprint density at radius 2 is 1.77 bits per heavy atom. The van der Waals surface area contributed by atoms with Crippen LogP contribution in [0.4, 0.5) is 4.39 Å². The van der Waals surface area contributed by atoms with Crippen LogP contribution >= 0.6 is 0 Å². The highest BCUT2D eigenvalue weighted by atomic mass is 19.1. The Morgan fingerprint density at radius 1 is 1.04 bits per heavy atom. The van der Waals surface area contributed by atoms with Crippen LogP contribution in [0.2, 0.25) is 0 Å². The fourth-order valence-electron chi connectivity index (χ4n) is 3.98. The van der Waals surface area contributed by atoms with Crippen molar-refractivity contribution in [1.82, 2.24) is 5.32 Å². The van der Waals surface area contributed by atoms with E-state index in [1.807, 2.05) is 12.1 Å². The minimum absolute atomic E-state index is 0.0859. The van der Waals surface area contributed by atoms with Gasteiger partial charge in [-0.3, -0.25) is 4.79 Å². The molecule has 4 nitrogen and oxygen atoms in total. The second kappa shape index (κ2) is 6.98. The molecule has 1 heterocycles. The van der Waals surface area contributed by atoms with Crippen LogP contribution in [-0.2, 0) is 5.41 Å². The van der Waals surface area contributed by atoms with E-state index in [1.165, 1.54) is 12.1 Å². The van der Waals surface area contributed by atoms with Crippen molar-refractivity contribution < 1.29 is 18.7 Å². The summed E-state index contributed by atoms with van der Waals surface area (Å²) in [6.45, 7) is 1.60. The zero-order chi connectivity index (χ0) is 18.0. The first-order valence-corrected chi connectivity index (χ1v) is 9.11. The van der Waals surface area contributed by atoms with E-state index in [9.17, 15) is 9.18 Å². The molecular weight excluding hydrogens is 333 g/mol. The lowest BCUT2D eigenvalue weighted by atomic mass is 9.78. The second-order valence-electron chi connectivity index (χ2n) is 7.01. The van der Waals surface area contributed by atoms with Gasteiger partial charge < -0.3 is 14.8 Å². The SMILES string of the molecule is O=C(NCC1(c2ccc3c(c2)OCCO3)CCCC1)c1ccccc1F. The Labute approximate surface area is 152 Å². The van der Waals surface area contributed by atoms with E-state index < -0.39 is 5.82 Å². The van der Waals surface area contributed by atoms with Crippen molar-refractivity contribution in [3.05, 3.63) is 59.4 Å². The zero-order valence-corrected chi connectivity index (χ0v) is 14.6. The fraction of sp³-hybridized carbons (Fsp3) is 0.381. The van der Waals surface area contributed by atoms with Gasteiger partial charge in [-0.25, -0.2) is 4.39 Å². The van der Waals surface area contributed by atoms with Crippen LogP contribution in [0.5, 0.6) is 11.5 Å². The highest BCUT2D eigenvalue weighted by molar-refractivity contribution is 5.94. The molecule has 2 aromatic rings. The second-order valence-corrected chi connectivity index (χ2v) is 7.01. The van der Waals surface area contributed by atoms with Gasteiger partial charge >= 0.3 is 0 Å². The summed E-state index contributed by atoms with van der Waals surface area (Å²) < 4.78 is 25.2. The van der Waals surface area contributed by atoms with E-state index >= 15 is 0 Å². The van der Waals surface area contributed by atoms with E-state index in [4.69, 9.17) is 9.47 Å². The van der Waals surface area contributed by atoms with Crippen LogP contribution < -0.4 is 14.8 Å². The van der Waals surface area contributed by atoms with E-state index in [2.05, 4.69) is 11.4 Å². The predicted octanol–water partition coefficient (Wildman–Crippen LogP) is 3.84. The number of ether oxygens (including phenoxy) is 2. The molecule has 2 aromatic carbocycles. The Hall–Kier alpha value is -2.56. The minimum atomic E-state index is -0.496. The molecule has 0 saturated heterocycles. The third-order valence-corrected chi connectivity index (χ3v) is 5.42. The Balaban J connectivity index is 1.55. The Morgan fingerprint density at radius 3 is 2.54 bits per heavy atom. The molecule has 26 heavy (non-hydrogen) atoms. The van der Waals surface area contributed by atoms with Gasteiger partial charge in [0.2, 0.25) is 0 Å². The topological polar surface area (TPSA) is 47.6 Å². The number of carbonyl (C=O) groups excluding carboxylic acids is 1. The first-order chi connectivity index (χ1) is 12.7. The molecule has 0 aromatic heterocycles. The molecular formula is C21H22FNO3. The molecule has 1 fully saturated rings. The molecule has 136 valence electrons. The van der Waals surface area contributed by atoms with Gasteiger partial charge in [0.1, 0.15) is 19.0 Å². The third-order valence-electron chi connectivity index (χ3n) is 5.42. The van der Waals surface area contributed by atoms with Gasteiger partial charge in [-0.05, 0) is 42.7 Å². The number of nitrogens with one attached hydrogen (secondary N) is 1. The molecule has 1 aliphatic heterocycles. The molecule has 2 aliphatic rings. The van der Waals surface area contributed by atoms with Gasteiger partial charge in [0.15, 0.2) is 11.5 Å². The Bertz CT molecular complexity index is 815. The van der Waals surface area contributed by atoms with E-state index in [-0.39, 0.29) is 16.9 Å². The number of carbonyl (C=O) groups is 1. The monoisotopic (exact) mass is 355 g/mol. The lowest BCUT2D eigenvalue weighted by Crippen LogP contribution is -2.39. The van der Waals surface area contributed by atoms with Crippen molar-refractivity contribution >= 4 is 5.91 Å². The summed E-state index contributed by atoms with van der Waals surface area (Å²) >= 11 is 0. The molecule has 1 saturated carbocycles. The van der Waals surface area contributed by atoms with Crippen LogP contribution in [0, 0.1) is 5.82 Å². The van der Waals surface area contributed by atoms with Gasteiger partial charge in [-0.1, -0.05) is 31.0 Å². The van der Waals surface area contributed by atoms with Crippen molar-refractivity contribution in [1.29, 1.82) is 0 Å². The molecule has 1 N–H and O–H groups in total. The Kier molecular flexibility index (Phi) is 4.53. The molecule has 0 spiro atoms. The van der Waals surface area contributed by atoms with Gasteiger partial charge in [-0.15, -0.1) is 0 Å². The van der Waals surface area contributed by atoms with Crippen LogP contribution in [0.25, 0.3) is 0 Å². The number of amides is 1. The summed E-state index contributed by atoms with van der Waals surface area (Å²) in [5, 5.41) is 2.95. The van der Waals surface area contributed by atoms with E-state index in [0.29, 0.717) is 19.8 Å². The van der Waals surface area contributed by atoms with Crippen LogP contribution in [0.1, 0.15) is 41.6 Å². The first-order valence-electron chi connectivity index (χ1n) is 9.11. The lowest BCUT2D eigenvalue weighted by Gasteiger charge is -2.31. The number of fused-ring (bicyclic) bond motifs is 1. The average Bonchev–Trinajstić information content (AvgIpc) is 3.16. The van der Waals surface area contributed by atoms with Gasteiger partial charge in [-0.2, -0.15) is 0 Å². The molecule has 0 bridgehead atoms. The first kappa shape index (κ1) is 16.9. The van der Waals surface area contributed by atoms with Gasteiger partial charge in [0, 0.05) is 12.0 Å². The molecule has 4 rings (SSSR count). The summed E-state index contributed by atoms with van der Waals surface area (Å²) in [6, 6.07) is 12.1. The molecule has 0 atom stereocenters. The molecule has 5 heteroatoms. The fourth-order valence-corrected chi connectivity index (χ4v) is 3.98. The van der Waals surface area contributed by atoms with Crippen LogP contribution in [0.3, 0.4) is 0 Å². The largest absolute Gasteiger partial charge is 0.486 e. The molecule has 1 aliphatic carbocycles. The highest BCUT2D eigenvalue weighted by Gasteiger charge is 2.37. The number of hydrogen-bond donors (Lipinski definition) is 1. The number of halogens is 1. The summed E-state index contributed by atoms with van der Waals surface area (Å²) in [6.07, 6.45) is 4.21. The summed E-state index contributed by atoms with van der Waals surface area (Å²) in [7, 11) is 0. The maximum Gasteiger partial charge on any atom is 0.254 e. The lowest BCUT2D eigenvalue weighted by molar-refractivity contribution is 0.0939. The minimum Gasteiger partial charge on any atom is -0.486 e. The van der Waals surface area contributed by atoms with Gasteiger partial charge in [0.05, 0.1) is 5.56 Å². The number of hydrogen-bond acceptors (Lipinski definition) is 3. The van der Waals surface area contributed by atoms with Crippen LogP contribution in [0.15, 0.2) is 42.5 Å². The maximum absolute atomic E-state index is 13.9. The van der Waals surface area contributed by atoms with Crippen LogP contribution in [-0.4, -0.2) is 25.7 Å². The predicted molar refractivity (Wildman–Crippen MR) is 96.3 cm³/mol. The average molecular weight is 355 g/mol. The van der Waals surface area contributed by atoms with Gasteiger partial charge in [0.25, 0.3) is 5.91 Å². The van der Waals surface area contributed by atoms with Crippen molar-refractivity contribution in [2.75, 3.05) is 19.8 Å². The zero-order valence-electron chi connectivity index (χ0n) is 14.6. The number of benzene rings is 2. The summed E-state index contributed by atoms with van der Waals surface area (Å²) in [5.41, 5.74) is 1.09. The molecule has 0 unspecified atom stereocenters. The van der Waals surface area contributed by atoms with Crippen molar-refractivity contribution in [2.45, 2.75) is 31.1 Å². The van der Waals surface area contributed by atoms with Crippen molar-refractivity contribution in [3.63, 3.8) is 0 Å². The standard InChI is InChI=1S/C21H22FNO3/c22-17-6-2-1-5-16(17)20(24)23-14-21(9-3-4-10-21)15-7-8-18-19(13-15)26-12-11-25-18/h1-2,5-8,13H,3-4,9-12,14H2,(H,23,24). The summed E-state index contributed by atoms with van der Waals surface area (Å²) in [5.74, 6) is 0.667. The smallest absolute Gasteiger partial charge is 0.254 e. The number of rotatable bonds is 4. The third kappa shape index (κ3) is 3.14. The normalized spacial score (nSPS) is 17.7. The van der Waals surface area contributed by atoms with Crippen molar-refractivity contribution in [2.24, 2.45) is 0 Å². The van der Waals surface area contributed by atoms with E-state index in [0.717, 1.165) is 42.7 Å². The summed E-state index contributed by atoms with van der Waals surface area (Å²) in [4.78, 5) is 12.4. The quantitative estimate of drug-likeness (QED) is 0.906. The van der Waals surface area contributed by atoms with E-state index in [1.54, 1.807) is 12.1 Å². The molecule has 1 amide bonds.